The van der Waals surface area contributed by atoms with Crippen molar-refractivity contribution in [3.63, 3.8) is 0 Å². The molecule has 2 heterocycles. The van der Waals surface area contributed by atoms with Gasteiger partial charge in [0.25, 0.3) is 11.1 Å². The van der Waals surface area contributed by atoms with E-state index in [0.29, 0.717) is 11.1 Å². The van der Waals surface area contributed by atoms with Gasteiger partial charge in [0.15, 0.2) is 0 Å². The molecule has 0 amide bonds. The van der Waals surface area contributed by atoms with Crippen molar-refractivity contribution >= 4 is 12.2 Å². The normalized spacial score (nSPS) is 10.6. The number of aryl methyl sites for hydroxylation is 2. The van der Waals surface area contributed by atoms with Crippen LogP contribution < -0.4 is 11.1 Å². The van der Waals surface area contributed by atoms with Gasteiger partial charge < -0.3 is 0 Å². The average molecular weight is 384 g/mol. The molecule has 0 saturated carbocycles. The molecule has 0 bridgehead atoms. The first-order valence-electron chi connectivity index (χ1n) is 9.23. The number of hydrogen-bond donors (Lipinski definition) is 2. The molecule has 144 valence electrons. The van der Waals surface area contributed by atoms with Gasteiger partial charge in [0, 0.05) is 11.4 Å². The molecule has 0 radical (unpaired) electrons. The number of aromatic amines is 2. The average Bonchev–Trinajstić information content (AvgIpc) is 3.19. The van der Waals surface area contributed by atoms with Gasteiger partial charge in [-0.3, -0.25) is 19.8 Å². The maximum Gasteiger partial charge on any atom is 0.279 e. The number of benzene rings is 2. The standard InChI is InChI=1S/C23H20N4O2/c1-16-20(22(28)26(24-16)18-10-5-3-6-11-18)14-9-15-21-17(2)25-27(23(21)29)19-12-7-4-8-13-19/h3-8,10-15,24-25H,1-2H3. The molecule has 0 aliphatic rings. The Balaban J connectivity index is 1.71. The topological polar surface area (TPSA) is 75.6 Å². The zero-order valence-corrected chi connectivity index (χ0v) is 16.1. The maximum absolute atomic E-state index is 12.7. The third-order valence-corrected chi connectivity index (χ3v) is 4.72. The Kier molecular flexibility index (Phi) is 4.77. The van der Waals surface area contributed by atoms with Crippen molar-refractivity contribution in [3.8, 4) is 11.4 Å². The summed E-state index contributed by atoms with van der Waals surface area (Å²) in [6, 6.07) is 18.7. The fraction of sp³-hybridized carbons (Fsp3) is 0.0870. The minimum Gasteiger partial charge on any atom is -0.295 e. The number of aromatic nitrogens is 4. The van der Waals surface area contributed by atoms with Crippen LogP contribution in [0, 0.1) is 13.8 Å². The van der Waals surface area contributed by atoms with Gasteiger partial charge in [0.1, 0.15) is 0 Å². The highest BCUT2D eigenvalue weighted by molar-refractivity contribution is 5.59. The van der Waals surface area contributed by atoms with E-state index < -0.39 is 0 Å². The molecule has 2 aromatic heterocycles. The van der Waals surface area contributed by atoms with Crippen LogP contribution in [0.3, 0.4) is 0 Å². The van der Waals surface area contributed by atoms with Crippen LogP contribution in [-0.4, -0.2) is 19.6 Å². The molecule has 2 N–H and O–H groups in total. The molecule has 4 aromatic rings. The Morgan fingerprint density at radius 2 is 1.07 bits per heavy atom. The lowest BCUT2D eigenvalue weighted by atomic mass is 10.2. The van der Waals surface area contributed by atoms with Gasteiger partial charge in [0.2, 0.25) is 0 Å². The van der Waals surface area contributed by atoms with Gasteiger partial charge >= 0.3 is 0 Å². The largest absolute Gasteiger partial charge is 0.295 e. The number of para-hydroxylation sites is 2. The van der Waals surface area contributed by atoms with Crippen LogP contribution in [0.1, 0.15) is 22.5 Å². The molecule has 6 nitrogen and oxygen atoms in total. The lowest BCUT2D eigenvalue weighted by molar-refractivity contribution is 0.835. The SMILES string of the molecule is Cc1[nH]n(-c2ccccc2)c(=O)c1C=C=Cc1c(C)[nH]n(-c2ccccc2)c1=O. The summed E-state index contributed by atoms with van der Waals surface area (Å²) in [5.74, 6) is 0. The van der Waals surface area contributed by atoms with E-state index in [1.54, 1.807) is 12.2 Å². The van der Waals surface area contributed by atoms with Gasteiger partial charge in [-0.2, -0.15) is 0 Å². The van der Waals surface area contributed by atoms with Crippen LogP contribution in [0.25, 0.3) is 23.5 Å². The highest BCUT2D eigenvalue weighted by atomic mass is 16.1. The Morgan fingerprint density at radius 1 is 0.690 bits per heavy atom. The van der Waals surface area contributed by atoms with Crippen molar-refractivity contribution in [1.82, 2.24) is 19.6 Å². The van der Waals surface area contributed by atoms with Gasteiger partial charge in [-0.05, 0) is 50.3 Å². The number of nitrogens with one attached hydrogen (secondary N) is 2. The highest BCUT2D eigenvalue weighted by Crippen LogP contribution is 2.10. The third-order valence-electron chi connectivity index (χ3n) is 4.72. The number of nitrogens with zero attached hydrogens (tertiary/aromatic N) is 2. The molecule has 2 aromatic carbocycles. The van der Waals surface area contributed by atoms with E-state index in [0.717, 1.165) is 22.8 Å². The van der Waals surface area contributed by atoms with E-state index in [-0.39, 0.29) is 11.1 Å². The smallest absolute Gasteiger partial charge is 0.279 e. The molecule has 0 spiro atoms. The molecule has 0 fully saturated rings. The summed E-state index contributed by atoms with van der Waals surface area (Å²) in [5.41, 5.74) is 6.65. The molecule has 0 aliphatic carbocycles. The minimum atomic E-state index is -0.165. The summed E-state index contributed by atoms with van der Waals surface area (Å²) < 4.78 is 2.99. The molecular formula is C23H20N4O2. The van der Waals surface area contributed by atoms with Crippen molar-refractivity contribution in [2.75, 3.05) is 0 Å². The fourth-order valence-corrected chi connectivity index (χ4v) is 3.19. The van der Waals surface area contributed by atoms with Crippen LogP contribution in [0.4, 0.5) is 0 Å². The molecule has 0 saturated heterocycles. The molecular weight excluding hydrogens is 364 g/mol. The Hall–Kier alpha value is -4.02. The van der Waals surface area contributed by atoms with Gasteiger partial charge in [-0.25, -0.2) is 9.36 Å². The van der Waals surface area contributed by atoms with E-state index in [9.17, 15) is 9.59 Å². The quantitative estimate of drug-likeness (QED) is 0.528. The van der Waals surface area contributed by atoms with Gasteiger partial charge in [0.05, 0.1) is 22.5 Å². The lowest BCUT2D eigenvalue weighted by Crippen LogP contribution is -2.15. The Labute approximate surface area is 167 Å². The second-order valence-corrected chi connectivity index (χ2v) is 6.71. The zero-order chi connectivity index (χ0) is 20.4. The number of H-pyrrole nitrogens is 2. The Bertz CT molecular complexity index is 1230. The second kappa shape index (κ2) is 7.54. The van der Waals surface area contributed by atoms with E-state index >= 15 is 0 Å². The third kappa shape index (κ3) is 3.45. The van der Waals surface area contributed by atoms with Crippen LogP contribution >= 0.6 is 0 Å². The summed E-state index contributed by atoms with van der Waals surface area (Å²) in [7, 11) is 0. The van der Waals surface area contributed by atoms with Crippen molar-refractivity contribution in [3.05, 3.63) is 110 Å². The van der Waals surface area contributed by atoms with Crippen LogP contribution in [0.2, 0.25) is 0 Å². The van der Waals surface area contributed by atoms with Crippen LogP contribution in [-0.2, 0) is 0 Å². The summed E-state index contributed by atoms with van der Waals surface area (Å²) >= 11 is 0. The van der Waals surface area contributed by atoms with Crippen molar-refractivity contribution < 1.29 is 0 Å². The zero-order valence-electron chi connectivity index (χ0n) is 16.1. The predicted octanol–water partition coefficient (Wildman–Crippen LogP) is 3.59. The number of hydrogen-bond acceptors (Lipinski definition) is 2. The minimum absolute atomic E-state index is 0.165. The summed E-state index contributed by atoms with van der Waals surface area (Å²) in [5, 5.41) is 6.15. The molecule has 0 aliphatic heterocycles. The molecule has 0 atom stereocenters. The van der Waals surface area contributed by atoms with Crippen LogP contribution in [0.5, 0.6) is 0 Å². The second-order valence-electron chi connectivity index (χ2n) is 6.71. The first kappa shape index (κ1) is 18.3. The van der Waals surface area contributed by atoms with Crippen molar-refractivity contribution in [1.29, 1.82) is 0 Å². The van der Waals surface area contributed by atoms with E-state index in [2.05, 4.69) is 15.9 Å². The molecule has 6 heteroatoms. The highest BCUT2D eigenvalue weighted by Gasteiger charge is 2.11. The first-order valence-corrected chi connectivity index (χ1v) is 9.23. The van der Waals surface area contributed by atoms with Gasteiger partial charge in [-0.1, -0.05) is 36.4 Å². The Morgan fingerprint density at radius 3 is 1.45 bits per heavy atom. The summed E-state index contributed by atoms with van der Waals surface area (Å²) in [6.45, 7) is 3.66. The van der Waals surface area contributed by atoms with E-state index in [1.807, 2.05) is 74.5 Å². The summed E-state index contributed by atoms with van der Waals surface area (Å²) in [6.07, 6.45) is 3.21. The molecule has 0 unspecified atom stereocenters. The van der Waals surface area contributed by atoms with Crippen molar-refractivity contribution in [2.24, 2.45) is 0 Å². The van der Waals surface area contributed by atoms with Crippen LogP contribution in [0.15, 0.2) is 76.0 Å². The molecule has 4 rings (SSSR count). The lowest BCUT2D eigenvalue weighted by Gasteiger charge is -1.99. The first-order chi connectivity index (χ1) is 14.1. The van der Waals surface area contributed by atoms with Gasteiger partial charge in [-0.15, -0.1) is 5.73 Å². The molecule has 29 heavy (non-hydrogen) atoms. The maximum atomic E-state index is 12.7. The predicted molar refractivity (Wildman–Crippen MR) is 115 cm³/mol. The van der Waals surface area contributed by atoms with E-state index in [1.165, 1.54) is 9.36 Å². The van der Waals surface area contributed by atoms with Crippen molar-refractivity contribution in [2.45, 2.75) is 13.8 Å². The van der Waals surface area contributed by atoms with E-state index in [4.69, 9.17) is 0 Å². The monoisotopic (exact) mass is 384 g/mol. The fourth-order valence-electron chi connectivity index (χ4n) is 3.19. The summed E-state index contributed by atoms with van der Waals surface area (Å²) in [4.78, 5) is 25.5. The number of rotatable bonds is 4.